The Kier molecular flexibility index (Phi) is 2.31. The Bertz CT molecular complexity index is 711. The topological polar surface area (TPSA) is 76.2 Å². The van der Waals surface area contributed by atoms with E-state index in [2.05, 4.69) is 10.1 Å². The molecule has 0 atom stereocenters. The number of nitrogens with two attached hydrogens (primary N) is 1. The Morgan fingerprint density at radius 2 is 2.35 bits per heavy atom. The molecule has 0 aliphatic heterocycles. The highest BCUT2D eigenvalue weighted by Crippen LogP contribution is 2.23. The Hall–Kier alpha value is -1.92. The summed E-state index contributed by atoms with van der Waals surface area (Å²) < 4.78 is 1.42. The number of aromatic amines is 1. The third kappa shape index (κ3) is 1.67. The van der Waals surface area contributed by atoms with Crippen LogP contribution in [0, 0.1) is 0 Å². The van der Waals surface area contributed by atoms with Gasteiger partial charge in [-0.1, -0.05) is 6.07 Å². The molecule has 5 nitrogen and oxygen atoms in total. The van der Waals surface area contributed by atoms with Crippen molar-refractivity contribution in [2.75, 3.05) is 0 Å². The second-order valence-electron chi connectivity index (χ2n) is 3.63. The molecule has 0 aliphatic carbocycles. The molecule has 3 rings (SSSR count). The van der Waals surface area contributed by atoms with Gasteiger partial charge in [0.25, 0.3) is 5.56 Å². The van der Waals surface area contributed by atoms with Crippen molar-refractivity contribution in [3.63, 3.8) is 0 Å². The molecule has 3 heterocycles. The van der Waals surface area contributed by atoms with E-state index in [0.29, 0.717) is 11.3 Å². The molecule has 86 valence electrons. The van der Waals surface area contributed by atoms with Gasteiger partial charge in [0.15, 0.2) is 5.65 Å². The van der Waals surface area contributed by atoms with Crippen molar-refractivity contribution in [1.82, 2.24) is 14.6 Å². The van der Waals surface area contributed by atoms with Gasteiger partial charge in [0.2, 0.25) is 0 Å². The van der Waals surface area contributed by atoms with Crippen LogP contribution < -0.4 is 11.3 Å². The molecule has 0 radical (unpaired) electrons. The fourth-order valence-corrected chi connectivity index (χ4v) is 2.40. The van der Waals surface area contributed by atoms with Crippen molar-refractivity contribution in [2.24, 2.45) is 5.73 Å². The van der Waals surface area contributed by atoms with Gasteiger partial charge in [-0.2, -0.15) is 0 Å². The maximum absolute atomic E-state index is 11.8. The lowest BCUT2D eigenvalue weighted by molar-refractivity contribution is 0.872. The lowest BCUT2D eigenvalue weighted by Crippen LogP contribution is -2.16. The fraction of sp³-hybridized carbons (Fsp3) is 0.0909. The second kappa shape index (κ2) is 3.83. The predicted octanol–water partition coefficient (Wildman–Crippen LogP) is 1.21. The first kappa shape index (κ1) is 10.2. The highest BCUT2D eigenvalue weighted by Gasteiger charge is 2.07. The van der Waals surface area contributed by atoms with E-state index in [1.807, 2.05) is 23.6 Å². The molecule has 0 saturated carbocycles. The van der Waals surface area contributed by atoms with Crippen molar-refractivity contribution in [3.05, 3.63) is 45.7 Å². The van der Waals surface area contributed by atoms with E-state index < -0.39 is 0 Å². The first-order chi connectivity index (χ1) is 8.28. The smallest absolute Gasteiger partial charge is 0.272 e. The van der Waals surface area contributed by atoms with E-state index in [-0.39, 0.29) is 12.1 Å². The molecule has 0 bridgehead atoms. The number of H-pyrrole nitrogens is 1. The van der Waals surface area contributed by atoms with Gasteiger partial charge >= 0.3 is 0 Å². The number of nitrogens with one attached hydrogen (secondary N) is 1. The number of rotatable bonds is 2. The van der Waals surface area contributed by atoms with E-state index in [1.54, 1.807) is 11.3 Å². The van der Waals surface area contributed by atoms with Crippen molar-refractivity contribution < 1.29 is 0 Å². The van der Waals surface area contributed by atoms with Crippen LogP contribution in [0.2, 0.25) is 0 Å². The van der Waals surface area contributed by atoms with E-state index in [4.69, 9.17) is 5.73 Å². The van der Waals surface area contributed by atoms with Gasteiger partial charge in [0.05, 0.1) is 16.3 Å². The Labute approximate surface area is 101 Å². The van der Waals surface area contributed by atoms with Crippen molar-refractivity contribution in [3.8, 4) is 10.6 Å². The van der Waals surface area contributed by atoms with Gasteiger partial charge in [-0.25, -0.2) is 9.50 Å². The first-order valence-corrected chi connectivity index (χ1v) is 6.01. The first-order valence-electron chi connectivity index (χ1n) is 5.13. The molecule has 17 heavy (non-hydrogen) atoms. The molecular weight excluding hydrogens is 236 g/mol. The van der Waals surface area contributed by atoms with Crippen LogP contribution in [0.25, 0.3) is 16.2 Å². The molecule has 0 spiro atoms. The highest BCUT2D eigenvalue weighted by atomic mass is 32.1. The van der Waals surface area contributed by atoms with Crippen LogP contribution in [-0.4, -0.2) is 14.6 Å². The number of aromatic nitrogens is 3. The van der Waals surface area contributed by atoms with Crippen molar-refractivity contribution in [1.29, 1.82) is 0 Å². The minimum absolute atomic E-state index is 0.141. The number of hydrogen-bond donors (Lipinski definition) is 2. The van der Waals surface area contributed by atoms with Gasteiger partial charge in [-0.05, 0) is 11.4 Å². The molecule has 6 heteroatoms. The summed E-state index contributed by atoms with van der Waals surface area (Å²) in [4.78, 5) is 17.2. The Morgan fingerprint density at radius 3 is 3.06 bits per heavy atom. The third-order valence-corrected chi connectivity index (χ3v) is 3.40. The summed E-state index contributed by atoms with van der Waals surface area (Å²) in [6.45, 7) is 0.269. The fourth-order valence-electron chi connectivity index (χ4n) is 1.70. The zero-order valence-electron chi connectivity index (χ0n) is 8.88. The second-order valence-corrected chi connectivity index (χ2v) is 4.58. The number of fused-ring (bicyclic) bond motifs is 1. The lowest BCUT2D eigenvalue weighted by atomic mass is 10.3. The molecule has 0 unspecified atom stereocenters. The lowest BCUT2D eigenvalue weighted by Gasteiger charge is -1.95. The number of nitrogens with zero attached hydrogens (tertiary/aromatic N) is 2. The maximum Gasteiger partial charge on any atom is 0.272 e. The quantitative estimate of drug-likeness (QED) is 0.713. The van der Waals surface area contributed by atoms with Gasteiger partial charge in [0, 0.05) is 18.7 Å². The van der Waals surface area contributed by atoms with Crippen LogP contribution in [-0.2, 0) is 6.54 Å². The minimum atomic E-state index is -0.141. The van der Waals surface area contributed by atoms with Crippen molar-refractivity contribution in [2.45, 2.75) is 6.54 Å². The number of hydrogen-bond acceptors (Lipinski definition) is 4. The zero-order chi connectivity index (χ0) is 11.8. The summed E-state index contributed by atoms with van der Waals surface area (Å²) in [6, 6.07) is 7.26. The van der Waals surface area contributed by atoms with Crippen LogP contribution >= 0.6 is 11.3 Å². The number of thiophene rings is 1. The molecule has 0 amide bonds. The highest BCUT2D eigenvalue weighted by molar-refractivity contribution is 7.13. The van der Waals surface area contributed by atoms with Gasteiger partial charge in [-0.3, -0.25) is 9.89 Å². The van der Waals surface area contributed by atoms with Crippen LogP contribution in [0.4, 0.5) is 0 Å². The van der Waals surface area contributed by atoms with Gasteiger partial charge in [-0.15, -0.1) is 11.3 Å². The molecule has 0 fully saturated rings. The zero-order valence-corrected chi connectivity index (χ0v) is 9.70. The third-order valence-electron chi connectivity index (χ3n) is 2.50. The van der Waals surface area contributed by atoms with Gasteiger partial charge < -0.3 is 5.73 Å². The van der Waals surface area contributed by atoms with Crippen LogP contribution in [0.15, 0.2) is 34.4 Å². The standard InChI is InChI=1S/C11H10N4OS/c12-6-7-4-11(16)15-10(13-7)5-8(14-15)9-2-1-3-17-9/h1-5,14H,6,12H2. The van der Waals surface area contributed by atoms with Crippen molar-refractivity contribution >= 4 is 17.0 Å². The summed E-state index contributed by atoms with van der Waals surface area (Å²) in [5.74, 6) is 0. The van der Waals surface area contributed by atoms with Crippen LogP contribution in [0.3, 0.4) is 0 Å². The average molecular weight is 246 g/mol. The predicted molar refractivity (Wildman–Crippen MR) is 67.0 cm³/mol. The minimum Gasteiger partial charge on any atom is -0.325 e. The molecular formula is C11H10N4OS. The Morgan fingerprint density at radius 1 is 1.47 bits per heavy atom. The molecule has 0 aromatic carbocycles. The molecule has 3 aromatic heterocycles. The van der Waals surface area contributed by atoms with E-state index in [0.717, 1.165) is 10.6 Å². The Balaban J connectivity index is 2.26. The summed E-state index contributed by atoms with van der Waals surface area (Å²) in [5.41, 5.74) is 7.44. The van der Waals surface area contributed by atoms with Gasteiger partial charge in [0.1, 0.15) is 0 Å². The summed E-state index contributed by atoms with van der Waals surface area (Å²) in [5, 5.41) is 5.02. The normalized spacial score (nSPS) is 11.1. The van der Waals surface area contributed by atoms with Crippen LogP contribution in [0.5, 0.6) is 0 Å². The summed E-state index contributed by atoms with van der Waals surface area (Å²) in [7, 11) is 0. The molecule has 3 aromatic rings. The molecule has 3 N–H and O–H groups in total. The molecule has 0 saturated heterocycles. The monoisotopic (exact) mass is 246 g/mol. The van der Waals surface area contributed by atoms with Crippen LogP contribution in [0.1, 0.15) is 5.69 Å². The van der Waals surface area contributed by atoms with E-state index in [1.165, 1.54) is 10.6 Å². The largest absolute Gasteiger partial charge is 0.325 e. The average Bonchev–Trinajstić information content (AvgIpc) is 2.96. The SMILES string of the molecule is NCc1cc(=O)n2[nH]c(-c3cccs3)cc2n1. The van der Waals surface area contributed by atoms with E-state index in [9.17, 15) is 4.79 Å². The molecule has 0 aliphatic rings. The van der Waals surface area contributed by atoms with E-state index >= 15 is 0 Å². The summed E-state index contributed by atoms with van der Waals surface area (Å²) in [6.07, 6.45) is 0. The summed E-state index contributed by atoms with van der Waals surface area (Å²) >= 11 is 1.61. The maximum atomic E-state index is 11.8.